The summed E-state index contributed by atoms with van der Waals surface area (Å²) in [7, 11) is 0. The van der Waals surface area contributed by atoms with E-state index in [1.54, 1.807) is 0 Å². The SMILES string of the molecule is CC(=O)OC1CC[C@@]2(C)[C@@H](CCC3=C4C(=O)C[C@H]([C@H](C)CCC(=O)O)[C@@]4(C)CC[C@@H]32)C1. The first kappa shape index (κ1) is 22.5. The van der Waals surface area contributed by atoms with E-state index in [4.69, 9.17) is 9.84 Å². The van der Waals surface area contributed by atoms with Gasteiger partial charge in [0.2, 0.25) is 0 Å². The minimum Gasteiger partial charge on any atom is -0.481 e. The maximum Gasteiger partial charge on any atom is 0.303 e. The number of allylic oxidation sites excluding steroid dienone is 2. The molecular weight excluding hydrogens is 392 g/mol. The summed E-state index contributed by atoms with van der Waals surface area (Å²) in [6.07, 6.45) is 8.60. The van der Waals surface area contributed by atoms with Crippen molar-refractivity contribution in [3.63, 3.8) is 0 Å². The van der Waals surface area contributed by atoms with Crippen molar-refractivity contribution in [1.82, 2.24) is 0 Å². The minimum absolute atomic E-state index is 0.0474. The second-order valence-corrected chi connectivity index (χ2v) is 11.3. The molecule has 0 spiro atoms. The van der Waals surface area contributed by atoms with E-state index in [-0.39, 0.29) is 41.2 Å². The van der Waals surface area contributed by atoms with Crippen molar-refractivity contribution < 1.29 is 24.2 Å². The number of carboxylic acid groups (broad SMARTS) is 1. The Hall–Kier alpha value is -1.65. The molecule has 0 aromatic rings. The highest BCUT2D eigenvalue weighted by Gasteiger charge is 2.58. The molecule has 31 heavy (non-hydrogen) atoms. The summed E-state index contributed by atoms with van der Waals surface area (Å²) in [5.41, 5.74) is 2.64. The molecule has 4 aliphatic rings. The van der Waals surface area contributed by atoms with Gasteiger partial charge >= 0.3 is 11.9 Å². The first-order valence-corrected chi connectivity index (χ1v) is 12.2. The molecule has 5 heteroatoms. The maximum absolute atomic E-state index is 13.3. The van der Waals surface area contributed by atoms with Crippen molar-refractivity contribution in [2.75, 3.05) is 0 Å². The Labute approximate surface area is 186 Å². The van der Waals surface area contributed by atoms with Crippen LogP contribution in [-0.2, 0) is 19.1 Å². The first-order chi connectivity index (χ1) is 14.6. The van der Waals surface area contributed by atoms with Crippen molar-refractivity contribution in [2.45, 2.75) is 98.0 Å². The Morgan fingerprint density at radius 3 is 2.61 bits per heavy atom. The van der Waals surface area contributed by atoms with Gasteiger partial charge in [-0.15, -0.1) is 0 Å². The molecule has 5 nitrogen and oxygen atoms in total. The smallest absolute Gasteiger partial charge is 0.303 e. The lowest BCUT2D eigenvalue weighted by molar-refractivity contribution is -0.152. The molecule has 0 saturated heterocycles. The fraction of sp³-hybridized carbons (Fsp3) is 0.808. The van der Waals surface area contributed by atoms with Gasteiger partial charge in [-0.3, -0.25) is 14.4 Å². The molecule has 1 unspecified atom stereocenters. The van der Waals surface area contributed by atoms with Gasteiger partial charge in [0, 0.05) is 25.3 Å². The third kappa shape index (κ3) is 3.76. The summed E-state index contributed by atoms with van der Waals surface area (Å²) in [4.78, 5) is 35.9. The van der Waals surface area contributed by atoms with Gasteiger partial charge in [0.15, 0.2) is 5.78 Å². The van der Waals surface area contributed by atoms with Crippen LogP contribution in [0, 0.1) is 34.5 Å². The summed E-state index contributed by atoms with van der Waals surface area (Å²) in [6.45, 7) is 8.34. The van der Waals surface area contributed by atoms with Gasteiger partial charge in [-0.2, -0.15) is 0 Å². The van der Waals surface area contributed by atoms with Gasteiger partial charge in [0.1, 0.15) is 6.10 Å². The average molecular weight is 431 g/mol. The topological polar surface area (TPSA) is 80.7 Å². The molecule has 0 amide bonds. The van der Waals surface area contributed by atoms with Crippen LogP contribution in [0.3, 0.4) is 0 Å². The Morgan fingerprint density at radius 2 is 1.94 bits per heavy atom. The van der Waals surface area contributed by atoms with Crippen LogP contribution in [0.4, 0.5) is 0 Å². The quantitative estimate of drug-likeness (QED) is 0.597. The molecule has 0 aromatic carbocycles. The highest BCUT2D eigenvalue weighted by molar-refractivity contribution is 6.00. The predicted octanol–water partition coefficient (Wildman–Crippen LogP) is 5.32. The summed E-state index contributed by atoms with van der Waals surface area (Å²) >= 11 is 0. The predicted molar refractivity (Wildman–Crippen MR) is 117 cm³/mol. The van der Waals surface area contributed by atoms with Gasteiger partial charge in [-0.05, 0) is 85.9 Å². The molecule has 0 heterocycles. The number of carbonyl (C=O) groups is 3. The van der Waals surface area contributed by atoms with Crippen LogP contribution in [0.2, 0.25) is 0 Å². The van der Waals surface area contributed by atoms with Crippen LogP contribution in [-0.4, -0.2) is 28.9 Å². The summed E-state index contributed by atoms with van der Waals surface area (Å²) < 4.78 is 5.56. The molecule has 172 valence electrons. The Kier molecular flexibility index (Phi) is 5.85. The Bertz CT molecular complexity index is 813. The van der Waals surface area contributed by atoms with E-state index in [2.05, 4.69) is 20.8 Å². The van der Waals surface area contributed by atoms with E-state index >= 15 is 0 Å². The zero-order valence-electron chi connectivity index (χ0n) is 19.5. The zero-order chi connectivity index (χ0) is 22.6. The third-order valence-corrected chi connectivity index (χ3v) is 9.64. The molecule has 4 aliphatic carbocycles. The van der Waals surface area contributed by atoms with Crippen molar-refractivity contribution in [3.05, 3.63) is 11.1 Å². The molecule has 0 bridgehead atoms. The molecule has 0 aromatic heterocycles. The highest BCUT2D eigenvalue weighted by Crippen LogP contribution is 2.65. The lowest BCUT2D eigenvalue weighted by Crippen LogP contribution is -2.49. The van der Waals surface area contributed by atoms with Gasteiger partial charge in [0.05, 0.1) is 0 Å². The normalized spacial score (nSPS) is 40.6. The van der Waals surface area contributed by atoms with Crippen molar-refractivity contribution in [3.8, 4) is 0 Å². The number of esters is 1. The number of carbonyl (C=O) groups excluding carboxylic acids is 2. The van der Waals surface area contributed by atoms with E-state index in [0.717, 1.165) is 50.5 Å². The van der Waals surface area contributed by atoms with Crippen LogP contribution >= 0.6 is 0 Å². The zero-order valence-corrected chi connectivity index (χ0v) is 19.5. The number of aliphatic carboxylic acids is 1. The van der Waals surface area contributed by atoms with Crippen LogP contribution < -0.4 is 0 Å². The van der Waals surface area contributed by atoms with Crippen LogP contribution in [0.15, 0.2) is 11.1 Å². The first-order valence-electron chi connectivity index (χ1n) is 12.2. The average Bonchev–Trinajstić information content (AvgIpc) is 2.97. The number of rotatable bonds is 5. The largest absolute Gasteiger partial charge is 0.481 e. The van der Waals surface area contributed by atoms with Crippen molar-refractivity contribution >= 4 is 17.7 Å². The monoisotopic (exact) mass is 430 g/mol. The molecule has 4 rings (SSSR count). The fourth-order valence-corrected chi connectivity index (χ4v) is 8.05. The lowest BCUT2D eigenvalue weighted by Gasteiger charge is -2.56. The van der Waals surface area contributed by atoms with Crippen LogP contribution in [0.1, 0.15) is 91.9 Å². The van der Waals surface area contributed by atoms with Gasteiger partial charge in [-0.1, -0.05) is 26.3 Å². The Morgan fingerprint density at radius 1 is 1.19 bits per heavy atom. The number of ether oxygens (including phenoxy) is 1. The minimum atomic E-state index is -0.751. The fourth-order valence-electron chi connectivity index (χ4n) is 8.05. The van der Waals surface area contributed by atoms with E-state index in [0.29, 0.717) is 30.5 Å². The molecule has 3 fully saturated rings. The van der Waals surface area contributed by atoms with E-state index in [1.165, 1.54) is 12.5 Å². The van der Waals surface area contributed by atoms with E-state index in [1.807, 2.05) is 0 Å². The molecule has 0 aliphatic heterocycles. The molecular formula is C26H38O5. The summed E-state index contributed by atoms with van der Waals surface area (Å²) in [6, 6.07) is 0. The molecule has 0 radical (unpaired) electrons. The number of Topliss-reactive ketones (excluding diaryl/α,β-unsaturated/α-hetero) is 1. The molecule has 7 atom stereocenters. The van der Waals surface area contributed by atoms with Crippen LogP contribution in [0.25, 0.3) is 0 Å². The number of hydrogen-bond acceptors (Lipinski definition) is 4. The Balaban J connectivity index is 1.59. The molecule has 1 N–H and O–H groups in total. The lowest BCUT2D eigenvalue weighted by atomic mass is 9.48. The van der Waals surface area contributed by atoms with Crippen molar-refractivity contribution in [2.24, 2.45) is 34.5 Å². The number of hydrogen-bond donors (Lipinski definition) is 1. The van der Waals surface area contributed by atoms with E-state index in [9.17, 15) is 14.4 Å². The maximum atomic E-state index is 13.3. The third-order valence-electron chi connectivity index (χ3n) is 9.64. The summed E-state index contributed by atoms with van der Waals surface area (Å²) in [5, 5.41) is 9.11. The summed E-state index contributed by atoms with van der Waals surface area (Å²) in [5.74, 6) is 0.902. The van der Waals surface area contributed by atoms with Gasteiger partial charge in [0.25, 0.3) is 0 Å². The highest BCUT2D eigenvalue weighted by atomic mass is 16.5. The second-order valence-electron chi connectivity index (χ2n) is 11.3. The number of carboxylic acids is 1. The standard InChI is InChI=1S/C26H38O5/c1-15(5-8-23(29)30)21-14-22(28)24-19-7-6-17-13-18(31-16(2)27)9-11-25(17,3)20(19)10-12-26(21,24)4/h15,17-18,20-21H,5-14H2,1-4H3,(H,29,30)/t15-,17+,18?,20+,21-,25+,26-/m1/s1. The van der Waals surface area contributed by atoms with Gasteiger partial charge in [-0.25, -0.2) is 0 Å². The van der Waals surface area contributed by atoms with E-state index < -0.39 is 5.97 Å². The molecule has 3 saturated carbocycles. The number of ketones is 1. The number of fused-ring (bicyclic) bond motifs is 4. The van der Waals surface area contributed by atoms with Crippen LogP contribution in [0.5, 0.6) is 0 Å². The van der Waals surface area contributed by atoms with Gasteiger partial charge < -0.3 is 9.84 Å². The second kappa shape index (κ2) is 8.04. The van der Waals surface area contributed by atoms with Crippen molar-refractivity contribution in [1.29, 1.82) is 0 Å².